The van der Waals surface area contributed by atoms with E-state index in [1.54, 1.807) is 0 Å². The minimum Gasteiger partial charge on any atom is -0.324 e. The van der Waals surface area contributed by atoms with Crippen molar-refractivity contribution in [2.45, 2.75) is 77.7 Å². The van der Waals surface area contributed by atoms with Crippen LogP contribution in [0.4, 0.5) is 0 Å². The second kappa shape index (κ2) is 4.33. The smallest absolute Gasteiger partial charge is 0.0234 e. The normalized spacial score (nSPS) is 44.2. The summed E-state index contributed by atoms with van der Waals surface area (Å²) in [7, 11) is 0. The lowest BCUT2D eigenvalue weighted by Gasteiger charge is -2.54. The zero-order valence-corrected chi connectivity index (χ0v) is 11.4. The van der Waals surface area contributed by atoms with Crippen molar-refractivity contribution in [1.29, 1.82) is 0 Å². The van der Waals surface area contributed by atoms with Crippen LogP contribution < -0.4 is 5.73 Å². The van der Waals surface area contributed by atoms with Gasteiger partial charge < -0.3 is 5.73 Å². The monoisotopic (exact) mass is 223 g/mol. The van der Waals surface area contributed by atoms with E-state index in [9.17, 15) is 0 Å². The molecule has 0 aromatic carbocycles. The molecule has 2 aliphatic carbocycles. The quantitative estimate of drug-likeness (QED) is 0.711. The van der Waals surface area contributed by atoms with Gasteiger partial charge in [0.2, 0.25) is 0 Å². The van der Waals surface area contributed by atoms with Crippen molar-refractivity contribution in [2.24, 2.45) is 23.0 Å². The predicted molar refractivity (Wildman–Crippen MR) is 70.3 cm³/mol. The van der Waals surface area contributed by atoms with Gasteiger partial charge in [0.05, 0.1) is 0 Å². The van der Waals surface area contributed by atoms with E-state index in [2.05, 4.69) is 20.8 Å². The molecule has 0 radical (unpaired) electrons. The summed E-state index contributed by atoms with van der Waals surface area (Å²) < 4.78 is 0. The van der Waals surface area contributed by atoms with Crippen LogP contribution in [0.1, 0.15) is 72.1 Å². The Balaban J connectivity index is 2.15. The molecule has 2 aliphatic rings. The standard InChI is InChI=1S/C15H29N/c1-12-7-6-8-13(11-12)15(16)10-5-4-9-14(15,2)3/h12-13H,4-11,16H2,1-3H3. The number of hydrogen-bond donors (Lipinski definition) is 1. The average molecular weight is 223 g/mol. The van der Waals surface area contributed by atoms with Gasteiger partial charge in [0.25, 0.3) is 0 Å². The Bertz CT molecular complexity index is 246. The summed E-state index contributed by atoms with van der Waals surface area (Å²) in [4.78, 5) is 0. The summed E-state index contributed by atoms with van der Waals surface area (Å²) in [5.74, 6) is 1.68. The Labute approximate surface area is 101 Å². The van der Waals surface area contributed by atoms with Crippen molar-refractivity contribution in [3.63, 3.8) is 0 Å². The van der Waals surface area contributed by atoms with Gasteiger partial charge in [-0.05, 0) is 42.9 Å². The lowest BCUT2D eigenvalue weighted by atomic mass is 9.55. The molecule has 16 heavy (non-hydrogen) atoms. The van der Waals surface area contributed by atoms with Crippen LogP contribution in [0, 0.1) is 17.3 Å². The minimum atomic E-state index is 0.125. The van der Waals surface area contributed by atoms with Gasteiger partial charge in [-0.3, -0.25) is 0 Å². The van der Waals surface area contributed by atoms with E-state index < -0.39 is 0 Å². The van der Waals surface area contributed by atoms with E-state index in [4.69, 9.17) is 5.73 Å². The highest BCUT2D eigenvalue weighted by atomic mass is 14.8. The van der Waals surface area contributed by atoms with Crippen molar-refractivity contribution in [3.05, 3.63) is 0 Å². The molecule has 3 unspecified atom stereocenters. The van der Waals surface area contributed by atoms with Gasteiger partial charge in [-0.15, -0.1) is 0 Å². The predicted octanol–water partition coefficient (Wildman–Crippen LogP) is 4.11. The van der Waals surface area contributed by atoms with Gasteiger partial charge >= 0.3 is 0 Å². The first-order valence-corrected chi connectivity index (χ1v) is 7.24. The van der Waals surface area contributed by atoms with Crippen LogP contribution in [0.15, 0.2) is 0 Å². The molecule has 3 atom stereocenters. The summed E-state index contributed by atoms with van der Waals surface area (Å²) in [6.45, 7) is 7.22. The molecule has 0 amide bonds. The molecule has 0 bridgehead atoms. The summed E-state index contributed by atoms with van der Waals surface area (Å²) in [6.07, 6.45) is 10.9. The van der Waals surface area contributed by atoms with Gasteiger partial charge in [-0.1, -0.05) is 46.5 Å². The van der Waals surface area contributed by atoms with E-state index in [0.29, 0.717) is 5.41 Å². The topological polar surface area (TPSA) is 26.0 Å². The van der Waals surface area contributed by atoms with Crippen molar-refractivity contribution < 1.29 is 0 Å². The zero-order valence-electron chi connectivity index (χ0n) is 11.4. The molecule has 2 N–H and O–H groups in total. The van der Waals surface area contributed by atoms with E-state index in [1.807, 2.05) is 0 Å². The van der Waals surface area contributed by atoms with Crippen LogP contribution in [-0.4, -0.2) is 5.54 Å². The molecule has 1 heteroatoms. The summed E-state index contributed by atoms with van der Waals surface area (Å²) in [5, 5.41) is 0. The highest BCUT2D eigenvalue weighted by Gasteiger charge is 2.48. The van der Waals surface area contributed by atoms with Crippen LogP contribution >= 0.6 is 0 Å². The van der Waals surface area contributed by atoms with E-state index in [-0.39, 0.29) is 5.54 Å². The van der Waals surface area contributed by atoms with Crippen LogP contribution in [0.25, 0.3) is 0 Å². The summed E-state index contributed by atoms with van der Waals surface area (Å²) in [6, 6.07) is 0. The van der Waals surface area contributed by atoms with Gasteiger partial charge in [-0.25, -0.2) is 0 Å². The molecule has 0 aromatic heterocycles. The molecule has 94 valence electrons. The van der Waals surface area contributed by atoms with Crippen LogP contribution in [0.5, 0.6) is 0 Å². The van der Waals surface area contributed by atoms with E-state index >= 15 is 0 Å². The Morgan fingerprint density at radius 2 is 1.69 bits per heavy atom. The third-order valence-corrected chi connectivity index (χ3v) is 5.57. The summed E-state index contributed by atoms with van der Waals surface area (Å²) >= 11 is 0. The molecule has 2 saturated carbocycles. The van der Waals surface area contributed by atoms with Crippen LogP contribution in [0.3, 0.4) is 0 Å². The molecular weight excluding hydrogens is 194 g/mol. The molecule has 1 nitrogen and oxygen atoms in total. The lowest BCUT2D eigenvalue weighted by Crippen LogP contribution is -2.60. The van der Waals surface area contributed by atoms with Crippen molar-refractivity contribution in [2.75, 3.05) is 0 Å². The Morgan fingerprint density at radius 1 is 1.00 bits per heavy atom. The van der Waals surface area contributed by atoms with E-state index in [0.717, 1.165) is 11.8 Å². The number of rotatable bonds is 1. The third kappa shape index (κ3) is 2.03. The molecule has 0 aromatic rings. The fourth-order valence-corrected chi connectivity index (χ4v) is 4.21. The Kier molecular flexibility index (Phi) is 3.36. The maximum Gasteiger partial charge on any atom is 0.0234 e. The fourth-order valence-electron chi connectivity index (χ4n) is 4.21. The van der Waals surface area contributed by atoms with Gasteiger partial charge in [0.15, 0.2) is 0 Å². The molecule has 0 heterocycles. The fraction of sp³-hybridized carbons (Fsp3) is 1.00. The highest BCUT2D eigenvalue weighted by molar-refractivity contribution is 5.05. The largest absolute Gasteiger partial charge is 0.324 e. The third-order valence-electron chi connectivity index (χ3n) is 5.57. The van der Waals surface area contributed by atoms with Crippen molar-refractivity contribution in [3.8, 4) is 0 Å². The second-order valence-corrected chi connectivity index (χ2v) is 7.10. The Hall–Kier alpha value is -0.0400. The molecule has 2 fully saturated rings. The molecule has 2 rings (SSSR count). The molecular formula is C15H29N. The maximum atomic E-state index is 6.87. The second-order valence-electron chi connectivity index (χ2n) is 7.10. The van der Waals surface area contributed by atoms with Gasteiger partial charge in [0.1, 0.15) is 0 Å². The van der Waals surface area contributed by atoms with Crippen LogP contribution in [0.2, 0.25) is 0 Å². The molecule has 0 aliphatic heterocycles. The average Bonchev–Trinajstić information content (AvgIpc) is 2.22. The molecule has 0 saturated heterocycles. The first kappa shape index (κ1) is 12.4. The number of hydrogen-bond acceptors (Lipinski definition) is 1. The van der Waals surface area contributed by atoms with E-state index in [1.165, 1.54) is 51.4 Å². The number of nitrogens with two attached hydrogens (primary N) is 1. The van der Waals surface area contributed by atoms with Gasteiger partial charge in [-0.2, -0.15) is 0 Å². The zero-order chi connectivity index (χ0) is 11.8. The Morgan fingerprint density at radius 3 is 2.31 bits per heavy atom. The highest BCUT2D eigenvalue weighted by Crippen LogP contribution is 2.50. The van der Waals surface area contributed by atoms with Gasteiger partial charge in [0, 0.05) is 5.54 Å². The molecule has 0 spiro atoms. The lowest BCUT2D eigenvalue weighted by molar-refractivity contribution is 0.0184. The SMILES string of the molecule is CC1CCCC(C2(N)CCCCC2(C)C)C1. The van der Waals surface area contributed by atoms with Crippen molar-refractivity contribution in [1.82, 2.24) is 0 Å². The minimum absolute atomic E-state index is 0.125. The summed E-state index contributed by atoms with van der Waals surface area (Å²) in [5.41, 5.74) is 7.35. The van der Waals surface area contributed by atoms with Crippen molar-refractivity contribution >= 4 is 0 Å². The first-order chi connectivity index (χ1) is 7.46. The first-order valence-electron chi connectivity index (χ1n) is 7.24. The van der Waals surface area contributed by atoms with Crippen LogP contribution in [-0.2, 0) is 0 Å². The maximum absolute atomic E-state index is 6.87.